The molecule has 100 valence electrons. The van der Waals surface area contributed by atoms with Crippen molar-refractivity contribution in [1.82, 2.24) is 0 Å². The van der Waals surface area contributed by atoms with Crippen molar-refractivity contribution < 1.29 is 4.74 Å². The number of ether oxygens (including phenoxy) is 1. The number of hydrogen-bond acceptors (Lipinski definition) is 2. The standard InChI is InChI=1S/C15H22ClNO/c1-3-14(17)8-12-7-13(16)6-10(2)15(12)18-9-11-4-5-11/h6-7,11,14H,3-5,8-9,17H2,1-2H3. The summed E-state index contributed by atoms with van der Waals surface area (Å²) in [4.78, 5) is 0. The number of rotatable bonds is 6. The molecule has 0 amide bonds. The van der Waals surface area contributed by atoms with E-state index in [2.05, 4.69) is 13.8 Å². The third-order valence-electron chi connectivity index (χ3n) is 3.48. The van der Waals surface area contributed by atoms with E-state index in [4.69, 9.17) is 22.1 Å². The summed E-state index contributed by atoms with van der Waals surface area (Å²) < 4.78 is 5.98. The predicted octanol–water partition coefficient (Wildman–Crippen LogP) is 3.72. The number of nitrogens with two attached hydrogens (primary N) is 1. The fourth-order valence-corrected chi connectivity index (χ4v) is 2.37. The molecule has 2 nitrogen and oxygen atoms in total. The molecular formula is C15H22ClNO. The molecule has 1 unspecified atom stereocenters. The Morgan fingerprint density at radius 1 is 1.44 bits per heavy atom. The third-order valence-corrected chi connectivity index (χ3v) is 3.70. The van der Waals surface area contributed by atoms with Crippen LogP contribution in [0.15, 0.2) is 12.1 Å². The Kier molecular flexibility index (Phi) is 4.52. The van der Waals surface area contributed by atoms with Gasteiger partial charge in [0.1, 0.15) is 5.75 Å². The lowest BCUT2D eigenvalue weighted by Crippen LogP contribution is -2.22. The molecule has 0 bridgehead atoms. The van der Waals surface area contributed by atoms with Crippen LogP contribution in [0.25, 0.3) is 0 Å². The van der Waals surface area contributed by atoms with Gasteiger partial charge in [-0.3, -0.25) is 0 Å². The van der Waals surface area contributed by atoms with Crippen molar-refractivity contribution in [3.63, 3.8) is 0 Å². The predicted molar refractivity (Wildman–Crippen MR) is 76.4 cm³/mol. The first-order valence-corrected chi connectivity index (χ1v) is 7.15. The van der Waals surface area contributed by atoms with Crippen LogP contribution in [0.5, 0.6) is 5.75 Å². The second-order valence-electron chi connectivity index (χ2n) is 5.34. The fourth-order valence-electron chi connectivity index (χ4n) is 2.07. The zero-order valence-corrected chi connectivity index (χ0v) is 12.0. The maximum absolute atomic E-state index is 6.13. The maximum atomic E-state index is 6.13. The summed E-state index contributed by atoms with van der Waals surface area (Å²) in [6, 6.07) is 4.13. The summed E-state index contributed by atoms with van der Waals surface area (Å²) in [5.41, 5.74) is 8.30. The summed E-state index contributed by atoms with van der Waals surface area (Å²) >= 11 is 6.13. The molecule has 1 aromatic carbocycles. The molecule has 2 rings (SSSR count). The monoisotopic (exact) mass is 267 g/mol. The average Bonchev–Trinajstić information content (AvgIpc) is 3.11. The van der Waals surface area contributed by atoms with Crippen molar-refractivity contribution in [3.8, 4) is 5.75 Å². The minimum absolute atomic E-state index is 0.172. The SMILES string of the molecule is CCC(N)Cc1cc(Cl)cc(C)c1OCC1CC1. The van der Waals surface area contributed by atoms with Crippen molar-refractivity contribution in [2.45, 2.75) is 45.6 Å². The Labute approximate surface area is 114 Å². The molecule has 1 aromatic rings. The van der Waals surface area contributed by atoms with E-state index in [1.807, 2.05) is 12.1 Å². The van der Waals surface area contributed by atoms with Gasteiger partial charge in [-0.2, -0.15) is 0 Å². The molecule has 1 aliphatic carbocycles. The molecule has 1 saturated carbocycles. The van der Waals surface area contributed by atoms with E-state index in [1.165, 1.54) is 12.8 Å². The minimum Gasteiger partial charge on any atom is -0.493 e. The van der Waals surface area contributed by atoms with Gasteiger partial charge in [-0.25, -0.2) is 0 Å². The summed E-state index contributed by atoms with van der Waals surface area (Å²) in [7, 11) is 0. The molecular weight excluding hydrogens is 246 g/mol. The fraction of sp³-hybridized carbons (Fsp3) is 0.600. The van der Waals surface area contributed by atoms with Crippen LogP contribution in [0.4, 0.5) is 0 Å². The summed E-state index contributed by atoms with van der Waals surface area (Å²) in [6.45, 7) is 4.98. The highest BCUT2D eigenvalue weighted by atomic mass is 35.5. The van der Waals surface area contributed by atoms with E-state index < -0.39 is 0 Å². The van der Waals surface area contributed by atoms with E-state index in [9.17, 15) is 0 Å². The highest BCUT2D eigenvalue weighted by molar-refractivity contribution is 6.30. The van der Waals surface area contributed by atoms with Gasteiger partial charge in [-0.05, 0) is 61.8 Å². The number of hydrogen-bond donors (Lipinski definition) is 1. The maximum Gasteiger partial charge on any atom is 0.125 e. The van der Waals surface area contributed by atoms with Gasteiger partial charge in [0.2, 0.25) is 0 Å². The smallest absolute Gasteiger partial charge is 0.125 e. The zero-order chi connectivity index (χ0) is 13.1. The third kappa shape index (κ3) is 3.63. The van der Waals surface area contributed by atoms with Gasteiger partial charge in [0, 0.05) is 11.1 Å². The Bertz CT molecular complexity index is 415. The molecule has 0 spiro atoms. The lowest BCUT2D eigenvalue weighted by atomic mass is 10.0. The molecule has 0 aliphatic heterocycles. The topological polar surface area (TPSA) is 35.2 Å². The van der Waals surface area contributed by atoms with Crippen LogP contribution in [0.1, 0.15) is 37.3 Å². The van der Waals surface area contributed by atoms with Crippen molar-refractivity contribution in [3.05, 3.63) is 28.3 Å². The van der Waals surface area contributed by atoms with E-state index in [0.717, 1.165) is 47.3 Å². The highest BCUT2D eigenvalue weighted by Gasteiger charge is 2.23. The largest absolute Gasteiger partial charge is 0.493 e. The highest BCUT2D eigenvalue weighted by Crippen LogP contribution is 2.33. The van der Waals surface area contributed by atoms with Gasteiger partial charge in [-0.15, -0.1) is 0 Å². The summed E-state index contributed by atoms with van der Waals surface area (Å²) in [5.74, 6) is 1.75. The molecule has 18 heavy (non-hydrogen) atoms. The Balaban J connectivity index is 2.16. The molecule has 1 aliphatic rings. The zero-order valence-electron chi connectivity index (χ0n) is 11.2. The molecule has 0 heterocycles. The molecule has 0 aromatic heterocycles. The molecule has 1 fully saturated rings. The van der Waals surface area contributed by atoms with E-state index in [0.29, 0.717) is 0 Å². The number of aryl methyl sites for hydroxylation is 1. The van der Waals surface area contributed by atoms with Gasteiger partial charge in [0.15, 0.2) is 0 Å². The first-order valence-electron chi connectivity index (χ1n) is 6.77. The van der Waals surface area contributed by atoms with Crippen LogP contribution in [-0.4, -0.2) is 12.6 Å². The van der Waals surface area contributed by atoms with Crippen LogP contribution in [0.2, 0.25) is 5.02 Å². The van der Waals surface area contributed by atoms with Gasteiger partial charge in [-0.1, -0.05) is 18.5 Å². The van der Waals surface area contributed by atoms with Gasteiger partial charge < -0.3 is 10.5 Å². The van der Waals surface area contributed by atoms with Crippen molar-refractivity contribution in [2.75, 3.05) is 6.61 Å². The van der Waals surface area contributed by atoms with Crippen molar-refractivity contribution >= 4 is 11.6 Å². The van der Waals surface area contributed by atoms with Gasteiger partial charge in [0.25, 0.3) is 0 Å². The van der Waals surface area contributed by atoms with Crippen molar-refractivity contribution in [2.24, 2.45) is 11.7 Å². The lowest BCUT2D eigenvalue weighted by Gasteiger charge is -2.17. The Hall–Kier alpha value is -0.730. The molecule has 2 N–H and O–H groups in total. The molecule has 3 heteroatoms. The molecule has 1 atom stereocenters. The summed E-state index contributed by atoms with van der Waals surface area (Å²) in [5, 5.41) is 0.768. The lowest BCUT2D eigenvalue weighted by molar-refractivity contribution is 0.294. The molecule has 0 radical (unpaired) electrons. The average molecular weight is 268 g/mol. The molecule has 0 saturated heterocycles. The van der Waals surface area contributed by atoms with Gasteiger partial charge >= 0.3 is 0 Å². The van der Waals surface area contributed by atoms with Crippen molar-refractivity contribution in [1.29, 1.82) is 0 Å². The normalized spacial score (nSPS) is 16.7. The van der Waals surface area contributed by atoms with E-state index in [-0.39, 0.29) is 6.04 Å². The van der Waals surface area contributed by atoms with E-state index >= 15 is 0 Å². The van der Waals surface area contributed by atoms with Crippen LogP contribution in [0, 0.1) is 12.8 Å². The second-order valence-corrected chi connectivity index (χ2v) is 5.77. The quantitative estimate of drug-likeness (QED) is 0.853. The van der Waals surface area contributed by atoms with E-state index in [1.54, 1.807) is 0 Å². The summed E-state index contributed by atoms with van der Waals surface area (Å²) in [6.07, 6.45) is 4.40. The minimum atomic E-state index is 0.172. The first-order chi connectivity index (χ1) is 8.60. The first kappa shape index (κ1) is 13.7. The van der Waals surface area contributed by atoms with Crippen LogP contribution >= 0.6 is 11.6 Å². The number of halogens is 1. The van der Waals surface area contributed by atoms with Crippen LogP contribution < -0.4 is 10.5 Å². The second kappa shape index (κ2) is 5.94. The van der Waals surface area contributed by atoms with Crippen LogP contribution in [0.3, 0.4) is 0 Å². The number of benzene rings is 1. The Morgan fingerprint density at radius 2 is 2.17 bits per heavy atom. The Morgan fingerprint density at radius 3 is 2.78 bits per heavy atom. The van der Waals surface area contributed by atoms with Crippen LogP contribution in [-0.2, 0) is 6.42 Å². The van der Waals surface area contributed by atoms with Gasteiger partial charge in [0.05, 0.1) is 6.61 Å².